The predicted octanol–water partition coefficient (Wildman–Crippen LogP) is 5.61. The summed E-state index contributed by atoms with van der Waals surface area (Å²) >= 11 is 6.67. The molecule has 0 spiro atoms. The third-order valence-corrected chi connectivity index (χ3v) is 7.97. The lowest BCUT2D eigenvalue weighted by Crippen LogP contribution is -2.41. The quantitative estimate of drug-likeness (QED) is 0.438. The predicted molar refractivity (Wildman–Crippen MR) is 122 cm³/mol. The molecule has 0 unspecified atom stereocenters. The third kappa shape index (κ3) is 4.85. The molecule has 29 heavy (non-hydrogen) atoms. The van der Waals surface area contributed by atoms with Gasteiger partial charge in [-0.05, 0) is 41.8 Å². The van der Waals surface area contributed by atoms with Gasteiger partial charge in [-0.15, -0.1) is 22.7 Å². The fourth-order valence-corrected chi connectivity index (χ4v) is 5.87. The summed E-state index contributed by atoms with van der Waals surface area (Å²) in [6.07, 6.45) is 1.77. The molecule has 1 fully saturated rings. The van der Waals surface area contributed by atoms with E-state index in [1.807, 2.05) is 52.9 Å². The van der Waals surface area contributed by atoms with Crippen molar-refractivity contribution in [2.24, 2.45) is 5.92 Å². The van der Waals surface area contributed by atoms with Gasteiger partial charge in [0.05, 0.1) is 17.0 Å². The van der Waals surface area contributed by atoms with Crippen LogP contribution in [0.5, 0.6) is 0 Å². The van der Waals surface area contributed by atoms with Crippen molar-refractivity contribution in [1.29, 1.82) is 0 Å². The molecule has 0 bridgehead atoms. The van der Waals surface area contributed by atoms with Gasteiger partial charge in [-0.3, -0.25) is 9.59 Å². The number of Topliss-reactive ketones (excluding diaryl/α,β-unsaturated/α-hetero) is 1. The lowest BCUT2D eigenvalue weighted by Gasteiger charge is -2.31. The molecule has 1 saturated heterocycles. The zero-order chi connectivity index (χ0) is 20.4. The van der Waals surface area contributed by atoms with Crippen LogP contribution in [0.25, 0.3) is 9.88 Å². The Morgan fingerprint density at radius 2 is 1.86 bits per heavy atom. The van der Waals surface area contributed by atoms with Gasteiger partial charge in [0, 0.05) is 39.8 Å². The number of hydrogen-bond acceptors (Lipinski definition) is 5. The Balaban J connectivity index is 1.32. The highest BCUT2D eigenvalue weighted by Gasteiger charge is 2.28. The molecule has 3 heterocycles. The van der Waals surface area contributed by atoms with Crippen LogP contribution in [0.3, 0.4) is 0 Å². The second kappa shape index (κ2) is 8.90. The van der Waals surface area contributed by atoms with Gasteiger partial charge in [-0.25, -0.2) is 4.98 Å². The Bertz CT molecular complexity index is 1020. The number of carbonyl (C=O) groups is 2. The molecule has 2 aromatic heterocycles. The highest BCUT2D eigenvalue weighted by atomic mass is 79.9. The van der Waals surface area contributed by atoms with Gasteiger partial charge in [0.15, 0.2) is 5.78 Å². The summed E-state index contributed by atoms with van der Waals surface area (Å²) in [4.78, 5) is 33.0. The van der Waals surface area contributed by atoms with Gasteiger partial charge in [0.25, 0.3) is 0 Å². The van der Waals surface area contributed by atoms with Crippen molar-refractivity contribution < 1.29 is 9.59 Å². The molecule has 1 amide bonds. The first-order valence-corrected chi connectivity index (χ1v) is 12.1. The molecular weight excluding hydrogens is 468 g/mol. The van der Waals surface area contributed by atoms with Gasteiger partial charge in [0.1, 0.15) is 5.01 Å². The van der Waals surface area contributed by atoms with E-state index in [0.29, 0.717) is 19.5 Å². The van der Waals surface area contributed by atoms with Crippen LogP contribution in [-0.2, 0) is 11.2 Å². The van der Waals surface area contributed by atoms with Crippen molar-refractivity contribution in [3.05, 3.63) is 62.4 Å². The Labute approximate surface area is 186 Å². The van der Waals surface area contributed by atoms with E-state index in [0.717, 1.165) is 44.0 Å². The molecule has 0 N–H and O–H groups in total. The number of aryl methyl sites for hydroxylation is 1. The number of nitrogens with zero attached hydrogens (tertiary/aromatic N) is 2. The normalized spacial score (nSPS) is 14.9. The molecule has 0 atom stereocenters. The number of ketones is 1. The van der Waals surface area contributed by atoms with Crippen LogP contribution in [0.15, 0.2) is 45.6 Å². The molecular formula is C22H21BrN2O2S2. The molecule has 7 heteroatoms. The average Bonchev–Trinajstić information content (AvgIpc) is 3.37. The minimum atomic E-state index is 0.00454. The van der Waals surface area contributed by atoms with Crippen LogP contribution >= 0.6 is 38.6 Å². The summed E-state index contributed by atoms with van der Waals surface area (Å²) in [5, 5.41) is 4.95. The number of likely N-dealkylation sites (tertiary alicyclic amines) is 1. The number of hydrogen-bond donors (Lipinski definition) is 0. The van der Waals surface area contributed by atoms with E-state index in [2.05, 4.69) is 20.9 Å². The number of benzene rings is 1. The van der Waals surface area contributed by atoms with E-state index in [1.54, 1.807) is 22.7 Å². The van der Waals surface area contributed by atoms with Crippen LogP contribution in [0.1, 0.15) is 34.5 Å². The van der Waals surface area contributed by atoms with Crippen molar-refractivity contribution in [3.63, 3.8) is 0 Å². The first-order chi connectivity index (χ1) is 14.0. The van der Waals surface area contributed by atoms with Crippen LogP contribution in [0.2, 0.25) is 0 Å². The molecule has 3 aromatic rings. The Hall–Kier alpha value is -1.83. The lowest BCUT2D eigenvalue weighted by atomic mass is 9.88. The zero-order valence-electron chi connectivity index (χ0n) is 16.1. The standard InChI is InChI=1S/C22H21BrN2O2S2/c1-14-2-4-15(5-3-14)21(27)16-6-8-25(9-7-16)20(26)11-18-13-29-22(24-18)19-10-17(23)12-28-19/h2-5,10,12-13,16H,6-9,11H2,1H3. The summed E-state index contributed by atoms with van der Waals surface area (Å²) in [5.74, 6) is 0.295. The number of thiazole rings is 1. The fraction of sp³-hybridized carbons (Fsp3) is 0.318. The molecule has 1 aliphatic heterocycles. The number of piperidine rings is 1. The van der Waals surface area contributed by atoms with Crippen LogP contribution in [0.4, 0.5) is 0 Å². The van der Waals surface area contributed by atoms with Gasteiger partial charge in [-0.1, -0.05) is 29.8 Å². The van der Waals surface area contributed by atoms with Crippen molar-refractivity contribution in [2.45, 2.75) is 26.2 Å². The summed E-state index contributed by atoms with van der Waals surface area (Å²) in [7, 11) is 0. The maximum absolute atomic E-state index is 12.7. The molecule has 0 aliphatic carbocycles. The Morgan fingerprint density at radius 3 is 2.52 bits per heavy atom. The Morgan fingerprint density at radius 1 is 1.14 bits per heavy atom. The van der Waals surface area contributed by atoms with E-state index in [-0.39, 0.29) is 17.6 Å². The molecule has 150 valence electrons. The molecule has 0 saturated carbocycles. The van der Waals surface area contributed by atoms with E-state index < -0.39 is 0 Å². The number of thiophene rings is 1. The van der Waals surface area contributed by atoms with E-state index >= 15 is 0 Å². The number of carbonyl (C=O) groups excluding carboxylic acids is 2. The minimum Gasteiger partial charge on any atom is -0.342 e. The topological polar surface area (TPSA) is 50.3 Å². The van der Waals surface area contributed by atoms with Crippen LogP contribution in [-0.4, -0.2) is 34.7 Å². The molecule has 4 rings (SSSR count). The SMILES string of the molecule is Cc1ccc(C(=O)C2CCN(C(=O)Cc3csc(-c4cc(Br)cs4)n3)CC2)cc1. The molecule has 1 aromatic carbocycles. The van der Waals surface area contributed by atoms with Crippen LogP contribution in [0, 0.1) is 12.8 Å². The second-order valence-corrected chi connectivity index (χ2v) is 10.0. The van der Waals surface area contributed by atoms with Gasteiger partial charge < -0.3 is 4.90 Å². The third-order valence-electron chi connectivity index (χ3n) is 5.22. The zero-order valence-corrected chi connectivity index (χ0v) is 19.3. The van der Waals surface area contributed by atoms with Gasteiger partial charge in [0.2, 0.25) is 5.91 Å². The van der Waals surface area contributed by atoms with Crippen LogP contribution < -0.4 is 0 Å². The first-order valence-electron chi connectivity index (χ1n) is 9.57. The van der Waals surface area contributed by atoms with Crippen molar-refractivity contribution >= 4 is 50.3 Å². The van der Waals surface area contributed by atoms with E-state index in [1.165, 1.54) is 0 Å². The number of aromatic nitrogens is 1. The largest absolute Gasteiger partial charge is 0.342 e. The summed E-state index contributed by atoms with van der Waals surface area (Å²) in [6, 6.07) is 9.80. The fourth-order valence-electron chi connectivity index (χ4n) is 3.54. The number of rotatable bonds is 5. The summed E-state index contributed by atoms with van der Waals surface area (Å²) in [5.41, 5.74) is 2.74. The smallest absolute Gasteiger partial charge is 0.228 e. The lowest BCUT2D eigenvalue weighted by molar-refractivity contribution is -0.131. The first kappa shape index (κ1) is 20.4. The van der Waals surface area contributed by atoms with Crippen molar-refractivity contribution in [3.8, 4) is 9.88 Å². The van der Waals surface area contributed by atoms with E-state index in [9.17, 15) is 9.59 Å². The van der Waals surface area contributed by atoms with Crippen molar-refractivity contribution in [2.75, 3.05) is 13.1 Å². The van der Waals surface area contributed by atoms with E-state index in [4.69, 9.17) is 0 Å². The molecule has 4 nitrogen and oxygen atoms in total. The Kier molecular flexibility index (Phi) is 6.27. The molecule has 1 aliphatic rings. The highest BCUT2D eigenvalue weighted by molar-refractivity contribution is 9.10. The van der Waals surface area contributed by atoms with Gasteiger partial charge >= 0.3 is 0 Å². The minimum absolute atomic E-state index is 0.00454. The summed E-state index contributed by atoms with van der Waals surface area (Å²) < 4.78 is 1.05. The highest BCUT2D eigenvalue weighted by Crippen LogP contribution is 2.32. The second-order valence-electron chi connectivity index (χ2n) is 7.34. The molecule has 0 radical (unpaired) electrons. The maximum atomic E-state index is 12.7. The number of halogens is 1. The number of amides is 1. The monoisotopic (exact) mass is 488 g/mol. The summed E-state index contributed by atoms with van der Waals surface area (Å²) in [6.45, 7) is 3.29. The maximum Gasteiger partial charge on any atom is 0.228 e. The van der Waals surface area contributed by atoms with Crippen molar-refractivity contribution in [1.82, 2.24) is 9.88 Å². The average molecular weight is 489 g/mol. The van der Waals surface area contributed by atoms with Gasteiger partial charge in [-0.2, -0.15) is 0 Å².